The Balaban J connectivity index is 1.55. The maximum Gasteiger partial charge on any atom is 0.319 e. The Morgan fingerprint density at radius 2 is 1.96 bits per heavy atom. The molecule has 1 aromatic heterocycles. The molecule has 0 bridgehead atoms. The minimum atomic E-state index is -0.804. The molecule has 1 aliphatic carbocycles. The van der Waals surface area contributed by atoms with Crippen molar-refractivity contribution in [2.45, 2.75) is 25.3 Å². The van der Waals surface area contributed by atoms with Gasteiger partial charge in [-0.05, 0) is 37.5 Å². The maximum atomic E-state index is 12.1. The molecule has 0 radical (unpaired) electrons. The zero-order valence-corrected chi connectivity index (χ0v) is 13.5. The molecule has 1 aliphatic rings. The van der Waals surface area contributed by atoms with Crippen molar-refractivity contribution in [3.8, 4) is 11.6 Å². The zero-order chi connectivity index (χ0) is 17.6. The average molecular weight is 341 g/mol. The molecule has 7 heteroatoms. The van der Waals surface area contributed by atoms with Crippen molar-refractivity contribution in [3.05, 3.63) is 48.7 Å². The largest absolute Gasteiger partial charge is 0.481 e. The summed E-state index contributed by atoms with van der Waals surface area (Å²) in [7, 11) is 0. The number of carboxylic acids is 1. The highest BCUT2D eigenvalue weighted by molar-refractivity contribution is 5.89. The molecule has 25 heavy (non-hydrogen) atoms. The highest BCUT2D eigenvalue weighted by Gasteiger charge is 2.30. The third kappa shape index (κ3) is 4.69. The molecule has 3 N–H and O–H groups in total. The van der Waals surface area contributed by atoms with Gasteiger partial charge in [-0.1, -0.05) is 18.2 Å². The van der Waals surface area contributed by atoms with Gasteiger partial charge in [0.25, 0.3) is 0 Å². The molecule has 1 aromatic carbocycles. The van der Waals surface area contributed by atoms with Crippen LogP contribution in [-0.4, -0.2) is 28.1 Å². The van der Waals surface area contributed by atoms with E-state index in [4.69, 9.17) is 9.84 Å². The number of carboxylic acid groups (broad SMARTS) is 1. The molecule has 2 atom stereocenters. The number of aromatic nitrogens is 1. The SMILES string of the molecule is O=C(Nc1ccnc(Oc2ccccc2)c1)N[C@H]1CC[C@@H](C(=O)O)C1. The van der Waals surface area contributed by atoms with Crippen LogP contribution in [0.3, 0.4) is 0 Å². The van der Waals surface area contributed by atoms with Crippen molar-refractivity contribution in [1.82, 2.24) is 10.3 Å². The second-order valence-corrected chi connectivity index (χ2v) is 5.94. The molecule has 1 fully saturated rings. The molecule has 3 rings (SSSR count). The van der Waals surface area contributed by atoms with Crippen molar-refractivity contribution in [1.29, 1.82) is 0 Å². The highest BCUT2D eigenvalue weighted by Crippen LogP contribution is 2.26. The first-order valence-corrected chi connectivity index (χ1v) is 8.09. The number of para-hydroxylation sites is 1. The van der Waals surface area contributed by atoms with E-state index in [9.17, 15) is 9.59 Å². The summed E-state index contributed by atoms with van der Waals surface area (Å²) in [6.45, 7) is 0. The smallest absolute Gasteiger partial charge is 0.319 e. The molecule has 1 saturated carbocycles. The van der Waals surface area contributed by atoms with Crippen LogP contribution < -0.4 is 15.4 Å². The number of anilines is 1. The van der Waals surface area contributed by atoms with Gasteiger partial charge in [-0.15, -0.1) is 0 Å². The number of nitrogens with one attached hydrogen (secondary N) is 2. The summed E-state index contributed by atoms with van der Waals surface area (Å²) >= 11 is 0. The van der Waals surface area contributed by atoms with E-state index in [-0.39, 0.29) is 18.0 Å². The second kappa shape index (κ2) is 7.65. The predicted molar refractivity (Wildman–Crippen MR) is 91.7 cm³/mol. The number of carbonyl (C=O) groups is 2. The van der Waals surface area contributed by atoms with Gasteiger partial charge < -0.3 is 20.5 Å². The summed E-state index contributed by atoms with van der Waals surface area (Å²) in [5, 5.41) is 14.5. The summed E-state index contributed by atoms with van der Waals surface area (Å²) in [6, 6.07) is 12.0. The third-order valence-electron chi connectivity index (χ3n) is 4.08. The van der Waals surface area contributed by atoms with Crippen LogP contribution in [-0.2, 0) is 4.79 Å². The highest BCUT2D eigenvalue weighted by atomic mass is 16.5. The van der Waals surface area contributed by atoms with Crippen LogP contribution >= 0.6 is 0 Å². The average Bonchev–Trinajstić information content (AvgIpc) is 3.05. The molecule has 130 valence electrons. The first-order chi connectivity index (χ1) is 12.1. The van der Waals surface area contributed by atoms with Crippen LogP contribution in [0.25, 0.3) is 0 Å². The van der Waals surface area contributed by atoms with Crippen molar-refractivity contribution in [2.75, 3.05) is 5.32 Å². The molecule has 0 unspecified atom stereocenters. The number of nitrogens with zero attached hydrogens (tertiary/aromatic N) is 1. The minimum Gasteiger partial charge on any atom is -0.481 e. The van der Waals surface area contributed by atoms with E-state index >= 15 is 0 Å². The monoisotopic (exact) mass is 341 g/mol. The zero-order valence-electron chi connectivity index (χ0n) is 13.5. The summed E-state index contributed by atoms with van der Waals surface area (Å²) in [5.41, 5.74) is 0.547. The van der Waals surface area contributed by atoms with Crippen LogP contribution in [0, 0.1) is 5.92 Å². The number of carbonyl (C=O) groups excluding carboxylic acids is 1. The molecule has 7 nitrogen and oxygen atoms in total. The van der Waals surface area contributed by atoms with Gasteiger partial charge in [0, 0.05) is 24.0 Å². The maximum absolute atomic E-state index is 12.1. The lowest BCUT2D eigenvalue weighted by molar-refractivity contribution is -0.141. The first kappa shape index (κ1) is 16.8. The fourth-order valence-corrected chi connectivity index (χ4v) is 2.84. The van der Waals surface area contributed by atoms with Gasteiger partial charge in [0.2, 0.25) is 5.88 Å². The topological polar surface area (TPSA) is 101 Å². The lowest BCUT2D eigenvalue weighted by atomic mass is 10.1. The second-order valence-electron chi connectivity index (χ2n) is 5.94. The van der Waals surface area contributed by atoms with Crippen molar-refractivity contribution in [3.63, 3.8) is 0 Å². The molecule has 0 aliphatic heterocycles. The van der Waals surface area contributed by atoms with Crippen LogP contribution in [0.2, 0.25) is 0 Å². The quantitative estimate of drug-likeness (QED) is 0.775. The standard InChI is InChI=1S/C18H19N3O4/c22-17(23)12-6-7-13(10-12)20-18(24)21-14-8-9-19-16(11-14)25-15-4-2-1-3-5-15/h1-5,8-9,11-13H,6-7,10H2,(H,22,23)(H2,19,20,21,24)/t12-,13+/m1/s1. The Labute approximate surface area is 145 Å². The van der Waals surface area contributed by atoms with E-state index in [1.807, 2.05) is 30.3 Å². The van der Waals surface area contributed by atoms with Gasteiger partial charge in [-0.2, -0.15) is 0 Å². The van der Waals surface area contributed by atoms with Gasteiger partial charge >= 0.3 is 12.0 Å². The number of pyridine rings is 1. The third-order valence-corrected chi connectivity index (χ3v) is 4.08. The van der Waals surface area contributed by atoms with E-state index in [0.29, 0.717) is 36.6 Å². The van der Waals surface area contributed by atoms with Gasteiger partial charge in [0.1, 0.15) is 5.75 Å². The van der Waals surface area contributed by atoms with E-state index in [1.54, 1.807) is 18.3 Å². The summed E-state index contributed by atoms with van der Waals surface area (Å²) in [4.78, 5) is 27.2. The van der Waals surface area contributed by atoms with Crippen LogP contribution in [0.1, 0.15) is 19.3 Å². The lowest BCUT2D eigenvalue weighted by Crippen LogP contribution is -2.36. The Morgan fingerprint density at radius 3 is 2.68 bits per heavy atom. The Bertz CT molecular complexity index is 751. The summed E-state index contributed by atoms with van der Waals surface area (Å²) in [5.74, 6) is -0.156. The van der Waals surface area contributed by atoms with E-state index in [1.165, 1.54) is 0 Å². The van der Waals surface area contributed by atoms with Crippen molar-refractivity contribution in [2.24, 2.45) is 5.92 Å². The number of hydrogen-bond donors (Lipinski definition) is 3. The number of ether oxygens (including phenoxy) is 1. The van der Waals surface area contributed by atoms with Crippen molar-refractivity contribution >= 4 is 17.7 Å². The molecule has 0 spiro atoms. The molecule has 2 aromatic rings. The molecule has 0 saturated heterocycles. The molecule has 1 heterocycles. The van der Waals surface area contributed by atoms with Gasteiger partial charge in [-0.25, -0.2) is 9.78 Å². The first-order valence-electron chi connectivity index (χ1n) is 8.09. The summed E-state index contributed by atoms with van der Waals surface area (Å²) in [6.07, 6.45) is 3.26. The van der Waals surface area contributed by atoms with E-state index in [2.05, 4.69) is 15.6 Å². The van der Waals surface area contributed by atoms with Crippen LogP contribution in [0.5, 0.6) is 11.6 Å². The number of hydrogen-bond acceptors (Lipinski definition) is 4. The van der Waals surface area contributed by atoms with E-state index < -0.39 is 5.97 Å². The number of urea groups is 1. The Hall–Kier alpha value is -3.09. The molecular weight excluding hydrogens is 322 g/mol. The van der Waals surface area contributed by atoms with Gasteiger partial charge in [-0.3, -0.25) is 4.79 Å². The molecular formula is C18H19N3O4. The van der Waals surface area contributed by atoms with Crippen molar-refractivity contribution < 1.29 is 19.4 Å². The molecule has 2 amide bonds. The lowest BCUT2D eigenvalue weighted by Gasteiger charge is -2.14. The van der Waals surface area contributed by atoms with Gasteiger partial charge in [0.15, 0.2) is 0 Å². The Kier molecular flexibility index (Phi) is 5.13. The van der Waals surface area contributed by atoms with Crippen LogP contribution in [0.4, 0.5) is 10.5 Å². The number of benzene rings is 1. The van der Waals surface area contributed by atoms with Gasteiger partial charge in [0.05, 0.1) is 5.92 Å². The predicted octanol–water partition coefficient (Wildman–Crippen LogP) is 3.25. The Morgan fingerprint density at radius 1 is 1.16 bits per heavy atom. The normalized spacial score (nSPS) is 19.2. The number of rotatable bonds is 5. The number of amides is 2. The summed E-state index contributed by atoms with van der Waals surface area (Å²) < 4.78 is 5.63. The fraction of sp³-hybridized carbons (Fsp3) is 0.278. The fourth-order valence-electron chi connectivity index (χ4n) is 2.84. The number of aliphatic carboxylic acids is 1. The minimum absolute atomic E-state index is 0.122. The van der Waals surface area contributed by atoms with E-state index in [0.717, 1.165) is 0 Å². The van der Waals surface area contributed by atoms with Crippen LogP contribution in [0.15, 0.2) is 48.7 Å².